The number of amidine groups is 1. The van der Waals surface area contributed by atoms with Crippen molar-refractivity contribution in [3.8, 4) is 0 Å². The lowest BCUT2D eigenvalue weighted by Crippen LogP contribution is -2.23. The SMILES string of the molecule is NC(CNc1ccc(Cl)cc1C(F)(F)F)=NO. The zero-order valence-corrected chi connectivity index (χ0v) is 9.18. The van der Waals surface area contributed by atoms with Gasteiger partial charge in [0.15, 0.2) is 5.84 Å². The van der Waals surface area contributed by atoms with E-state index in [0.717, 1.165) is 6.07 Å². The highest BCUT2D eigenvalue weighted by molar-refractivity contribution is 6.30. The van der Waals surface area contributed by atoms with Crippen molar-refractivity contribution in [3.63, 3.8) is 0 Å². The molecule has 0 saturated heterocycles. The van der Waals surface area contributed by atoms with Crippen molar-refractivity contribution in [2.24, 2.45) is 10.9 Å². The summed E-state index contributed by atoms with van der Waals surface area (Å²) in [6.07, 6.45) is -4.53. The van der Waals surface area contributed by atoms with Crippen molar-refractivity contribution in [3.05, 3.63) is 28.8 Å². The Morgan fingerprint density at radius 3 is 2.65 bits per heavy atom. The van der Waals surface area contributed by atoms with Crippen LogP contribution < -0.4 is 11.1 Å². The van der Waals surface area contributed by atoms with E-state index in [4.69, 9.17) is 22.5 Å². The number of nitrogens with two attached hydrogens (primary N) is 1. The van der Waals surface area contributed by atoms with Gasteiger partial charge in [0.1, 0.15) is 0 Å². The van der Waals surface area contributed by atoms with Crippen LogP contribution in [0.5, 0.6) is 0 Å². The maximum absolute atomic E-state index is 12.6. The Morgan fingerprint density at radius 1 is 1.47 bits per heavy atom. The van der Waals surface area contributed by atoms with Gasteiger partial charge in [-0.1, -0.05) is 16.8 Å². The molecule has 0 spiro atoms. The van der Waals surface area contributed by atoms with Crippen LogP contribution in [0, 0.1) is 0 Å². The van der Waals surface area contributed by atoms with Gasteiger partial charge >= 0.3 is 6.18 Å². The van der Waals surface area contributed by atoms with Gasteiger partial charge in [-0.05, 0) is 18.2 Å². The Labute approximate surface area is 99.9 Å². The highest BCUT2D eigenvalue weighted by Gasteiger charge is 2.33. The van der Waals surface area contributed by atoms with E-state index in [-0.39, 0.29) is 23.1 Å². The van der Waals surface area contributed by atoms with Crippen LogP contribution in [0.3, 0.4) is 0 Å². The average molecular weight is 268 g/mol. The molecule has 0 atom stereocenters. The first kappa shape index (κ1) is 13.4. The molecule has 0 radical (unpaired) electrons. The normalized spacial score (nSPS) is 12.6. The summed E-state index contributed by atoms with van der Waals surface area (Å²) >= 11 is 5.50. The smallest absolute Gasteiger partial charge is 0.409 e. The molecule has 1 aromatic rings. The first-order valence-corrected chi connectivity index (χ1v) is 4.79. The van der Waals surface area contributed by atoms with E-state index < -0.39 is 11.7 Å². The summed E-state index contributed by atoms with van der Waals surface area (Å²) in [5.41, 5.74) is 4.05. The lowest BCUT2D eigenvalue weighted by Gasteiger charge is -2.14. The number of oxime groups is 1. The zero-order valence-electron chi connectivity index (χ0n) is 8.42. The number of benzene rings is 1. The van der Waals surface area contributed by atoms with Crippen molar-refractivity contribution in [1.29, 1.82) is 0 Å². The molecule has 0 aliphatic rings. The third-order valence-electron chi connectivity index (χ3n) is 1.88. The summed E-state index contributed by atoms with van der Waals surface area (Å²) < 4.78 is 37.9. The van der Waals surface area contributed by atoms with Gasteiger partial charge < -0.3 is 16.3 Å². The monoisotopic (exact) mass is 267 g/mol. The van der Waals surface area contributed by atoms with E-state index in [1.807, 2.05) is 0 Å². The minimum atomic E-state index is -4.53. The molecule has 0 heterocycles. The topological polar surface area (TPSA) is 70.6 Å². The molecule has 8 heteroatoms. The second-order valence-electron chi connectivity index (χ2n) is 3.13. The van der Waals surface area contributed by atoms with Gasteiger partial charge in [0.25, 0.3) is 0 Å². The summed E-state index contributed by atoms with van der Waals surface area (Å²) in [7, 11) is 0. The van der Waals surface area contributed by atoms with Crippen LogP contribution in [-0.4, -0.2) is 17.6 Å². The summed E-state index contributed by atoms with van der Waals surface area (Å²) in [5, 5.41) is 13.3. The second kappa shape index (κ2) is 5.13. The van der Waals surface area contributed by atoms with Gasteiger partial charge in [-0.15, -0.1) is 0 Å². The quantitative estimate of drug-likeness (QED) is 0.341. The molecule has 0 aromatic heterocycles. The summed E-state index contributed by atoms with van der Waals surface area (Å²) in [6, 6.07) is 3.29. The number of rotatable bonds is 3. The van der Waals surface area contributed by atoms with Crippen molar-refractivity contribution in [1.82, 2.24) is 0 Å². The van der Waals surface area contributed by atoms with Crippen LogP contribution in [-0.2, 0) is 6.18 Å². The summed E-state index contributed by atoms with van der Waals surface area (Å²) in [6.45, 7) is -0.207. The maximum Gasteiger partial charge on any atom is 0.418 e. The lowest BCUT2D eigenvalue weighted by molar-refractivity contribution is -0.136. The van der Waals surface area contributed by atoms with Crippen LogP contribution in [0.2, 0.25) is 5.02 Å². The number of hydrogen-bond donors (Lipinski definition) is 3. The highest BCUT2D eigenvalue weighted by Crippen LogP contribution is 2.36. The van der Waals surface area contributed by atoms with Gasteiger partial charge in [-0.2, -0.15) is 13.2 Å². The van der Waals surface area contributed by atoms with Crippen LogP contribution >= 0.6 is 11.6 Å². The Balaban J connectivity index is 2.99. The Morgan fingerprint density at radius 2 is 2.12 bits per heavy atom. The largest absolute Gasteiger partial charge is 0.418 e. The second-order valence-corrected chi connectivity index (χ2v) is 3.57. The predicted octanol–water partition coefficient (Wildman–Crippen LogP) is 2.52. The van der Waals surface area contributed by atoms with E-state index >= 15 is 0 Å². The molecule has 94 valence electrons. The van der Waals surface area contributed by atoms with Crippen LogP contribution in [0.15, 0.2) is 23.4 Å². The molecule has 4 N–H and O–H groups in total. The fourth-order valence-corrected chi connectivity index (χ4v) is 1.30. The van der Waals surface area contributed by atoms with E-state index in [1.165, 1.54) is 12.1 Å². The van der Waals surface area contributed by atoms with Gasteiger partial charge in [0, 0.05) is 10.7 Å². The molecule has 4 nitrogen and oxygen atoms in total. The Bertz CT molecular complexity index is 434. The fraction of sp³-hybridized carbons (Fsp3) is 0.222. The Hall–Kier alpha value is -1.63. The summed E-state index contributed by atoms with van der Waals surface area (Å²) in [5.74, 6) is -0.229. The number of nitrogens with one attached hydrogen (secondary N) is 1. The Kier molecular flexibility index (Phi) is 4.06. The summed E-state index contributed by atoms with van der Waals surface area (Å²) in [4.78, 5) is 0. The molecule has 17 heavy (non-hydrogen) atoms. The van der Waals surface area contributed by atoms with Crippen molar-refractivity contribution in [2.45, 2.75) is 6.18 Å². The van der Waals surface area contributed by atoms with Gasteiger partial charge in [-0.25, -0.2) is 0 Å². The standard InChI is InChI=1S/C9H9ClF3N3O/c10-5-1-2-7(15-4-8(14)16-17)6(3-5)9(11,12)13/h1-3,15,17H,4H2,(H2,14,16). The van der Waals surface area contributed by atoms with Crippen LogP contribution in [0.4, 0.5) is 18.9 Å². The van der Waals surface area contributed by atoms with Crippen LogP contribution in [0.1, 0.15) is 5.56 Å². The molecule has 0 bridgehead atoms. The van der Waals surface area contributed by atoms with Crippen LogP contribution in [0.25, 0.3) is 0 Å². The van der Waals surface area contributed by atoms with Gasteiger partial charge in [0.2, 0.25) is 0 Å². The molecular formula is C9H9ClF3N3O. The average Bonchev–Trinajstić information content (AvgIpc) is 2.25. The number of alkyl halides is 3. The molecule has 0 aliphatic heterocycles. The molecule has 0 fully saturated rings. The number of anilines is 1. The molecule has 1 aromatic carbocycles. The predicted molar refractivity (Wildman–Crippen MR) is 58.4 cm³/mol. The van der Waals surface area contributed by atoms with E-state index in [1.54, 1.807) is 0 Å². The van der Waals surface area contributed by atoms with Gasteiger partial charge in [0.05, 0.1) is 12.1 Å². The zero-order chi connectivity index (χ0) is 13.1. The number of nitrogens with zero attached hydrogens (tertiary/aromatic N) is 1. The molecular weight excluding hydrogens is 259 g/mol. The van der Waals surface area contributed by atoms with Crippen molar-refractivity contribution < 1.29 is 18.4 Å². The number of hydrogen-bond acceptors (Lipinski definition) is 3. The molecule has 1 rings (SSSR count). The maximum atomic E-state index is 12.6. The van der Waals surface area contributed by atoms with Gasteiger partial charge in [-0.3, -0.25) is 0 Å². The first-order chi connectivity index (χ1) is 7.84. The molecule has 0 unspecified atom stereocenters. The minimum Gasteiger partial charge on any atom is -0.409 e. The molecule has 0 amide bonds. The first-order valence-electron chi connectivity index (χ1n) is 4.41. The lowest BCUT2D eigenvalue weighted by atomic mass is 10.1. The highest BCUT2D eigenvalue weighted by atomic mass is 35.5. The number of halogens is 4. The molecule has 0 saturated carbocycles. The van der Waals surface area contributed by atoms with E-state index in [2.05, 4.69) is 10.5 Å². The van der Waals surface area contributed by atoms with Crippen molar-refractivity contribution >= 4 is 23.1 Å². The molecule has 0 aliphatic carbocycles. The van der Waals surface area contributed by atoms with E-state index in [0.29, 0.717) is 0 Å². The third kappa shape index (κ3) is 3.70. The third-order valence-corrected chi connectivity index (χ3v) is 2.11. The van der Waals surface area contributed by atoms with E-state index in [9.17, 15) is 13.2 Å². The van der Waals surface area contributed by atoms with Crippen molar-refractivity contribution in [2.75, 3.05) is 11.9 Å². The fourth-order valence-electron chi connectivity index (χ4n) is 1.13. The minimum absolute atomic E-state index is 0.0216.